The summed E-state index contributed by atoms with van der Waals surface area (Å²) in [4.78, 5) is 0.202. The van der Waals surface area contributed by atoms with Gasteiger partial charge in [0.1, 0.15) is 0 Å². The second-order valence-corrected chi connectivity index (χ2v) is 4.44. The summed E-state index contributed by atoms with van der Waals surface area (Å²) in [6.07, 6.45) is -0.264. The van der Waals surface area contributed by atoms with Gasteiger partial charge in [0.2, 0.25) is 0 Å². The van der Waals surface area contributed by atoms with E-state index in [1.54, 1.807) is 6.08 Å². The normalized spacial score (nSPS) is 33.1. The molecule has 0 N–H and O–H groups in total. The lowest BCUT2D eigenvalue weighted by atomic mass is 10.2. The first-order chi connectivity index (χ1) is 4.61. The van der Waals surface area contributed by atoms with Crippen LogP contribution in [0.3, 0.4) is 0 Å². The Labute approximate surface area is 74.9 Å². The van der Waals surface area contributed by atoms with Crippen LogP contribution >= 0.6 is 31.9 Å². The summed E-state index contributed by atoms with van der Waals surface area (Å²) < 4.78 is 24.0. The highest BCUT2D eigenvalue weighted by Gasteiger charge is 2.27. The molecule has 0 saturated heterocycles. The molecule has 0 amide bonds. The molecule has 0 spiro atoms. The Morgan fingerprint density at radius 2 is 2.10 bits per heavy atom. The van der Waals surface area contributed by atoms with Gasteiger partial charge in [-0.1, -0.05) is 37.9 Å². The van der Waals surface area contributed by atoms with Crippen LogP contribution in [-0.4, -0.2) is 16.1 Å². The van der Waals surface area contributed by atoms with E-state index in [1.165, 1.54) is 0 Å². The summed E-state index contributed by atoms with van der Waals surface area (Å²) in [6, 6.07) is 0. The Hall–Kier alpha value is 0.560. The molecule has 2 unspecified atom stereocenters. The quantitative estimate of drug-likeness (QED) is 0.510. The number of halogens is 4. The van der Waals surface area contributed by atoms with Crippen molar-refractivity contribution in [3.05, 3.63) is 11.6 Å². The highest BCUT2D eigenvalue weighted by molar-refractivity contribution is 9.12. The number of hydrogen-bond acceptors (Lipinski definition) is 0. The summed E-state index contributed by atoms with van der Waals surface area (Å²) in [5.41, 5.74) is 0.240. The van der Waals surface area contributed by atoms with Gasteiger partial charge >= 0.3 is 0 Å². The molecule has 0 aliphatic heterocycles. The second kappa shape index (κ2) is 3.30. The van der Waals surface area contributed by atoms with E-state index in [2.05, 4.69) is 31.9 Å². The number of allylic oxidation sites excluding steroid dienone is 2. The predicted octanol–water partition coefficient (Wildman–Crippen LogP) is 3.11. The van der Waals surface area contributed by atoms with E-state index in [0.717, 1.165) is 0 Å². The SMILES string of the molecule is FC(F)C1=CC(Br)C(Br)C1. The molecule has 4 heteroatoms. The second-order valence-electron chi connectivity index (χ2n) is 2.21. The molecule has 1 aliphatic carbocycles. The van der Waals surface area contributed by atoms with Gasteiger partial charge in [0.05, 0.1) is 0 Å². The summed E-state index contributed by atoms with van der Waals surface area (Å²) >= 11 is 6.54. The summed E-state index contributed by atoms with van der Waals surface area (Å²) in [5, 5.41) is 0. The van der Waals surface area contributed by atoms with Crippen molar-refractivity contribution in [3.8, 4) is 0 Å². The summed E-state index contributed by atoms with van der Waals surface area (Å²) in [7, 11) is 0. The Morgan fingerprint density at radius 1 is 1.50 bits per heavy atom. The van der Waals surface area contributed by atoms with E-state index < -0.39 is 6.43 Å². The van der Waals surface area contributed by atoms with Crippen LogP contribution in [-0.2, 0) is 0 Å². The fraction of sp³-hybridized carbons (Fsp3) is 0.667. The molecular formula is C6H6Br2F2. The Balaban J connectivity index is 2.58. The maximum atomic E-state index is 12.0. The van der Waals surface area contributed by atoms with Crippen molar-refractivity contribution < 1.29 is 8.78 Å². The molecule has 0 aromatic rings. The van der Waals surface area contributed by atoms with E-state index in [-0.39, 0.29) is 15.2 Å². The average molecular weight is 276 g/mol. The molecule has 0 heterocycles. The first-order valence-electron chi connectivity index (χ1n) is 2.88. The Morgan fingerprint density at radius 3 is 2.30 bits per heavy atom. The zero-order valence-corrected chi connectivity index (χ0v) is 8.20. The van der Waals surface area contributed by atoms with Crippen molar-refractivity contribution in [1.29, 1.82) is 0 Å². The van der Waals surface area contributed by atoms with Crippen LogP contribution < -0.4 is 0 Å². The predicted molar refractivity (Wildman–Crippen MR) is 44.1 cm³/mol. The molecule has 0 bridgehead atoms. The molecule has 1 rings (SSSR count). The van der Waals surface area contributed by atoms with Crippen molar-refractivity contribution in [2.45, 2.75) is 22.5 Å². The van der Waals surface area contributed by atoms with Crippen LogP contribution in [0, 0.1) is 0 Å². The van der Waals surface area contributed by atoms with Gasteiger partial charge in [-0.3, -0.25) is 0 Å². The van der Waals surface area contributed by atoms with Gasteiger partial charge in [0.25, 0.3) is 6.43 Å². The number of alkyl halides is 4. The molecule has 0 saturated carbocycles. The van der Waals surface area contributed by atoms with Gasteiger partial charge in [0.15, 0.2) is 0 Å². The molecule has 1 aliphatic rings. The number of hydrogen-bond donors (Lipinski definition) is 0. The van der Waals surface area contributed by atoms with Crippen molar-refractivity contribution >= 4 is 31.9 Å². The van der Waals surface area contributed by atoms with Crippen molar-refractivity contribution in [1.82, 2.24) is 0 Å². The van der Waals surface area contributed by atoms with Gasteiger partial charge in [-0.05, 0) is 12.0 Å². The van der Waals surface area contributed by atoms with Gasteiger partial charge in [-0.15, -0.1) is 0 Å². The molecule has 0 fully saturated rings. The van der Waals surface area contributed by atoms with Crippen molar-refractivity contribution in [3.63, 3.8) is 0 Å². The third-order valence-corrected chi connectivity index (χ3v) is 3.94. The Kier molecular flexibility index (Phi) is 2.86. The molecule has 2 atom stereocenters. The van der Waals surface area contributed by atoms with Crippen molar-refractivity contribution in [2.24, 2.45) is 0 Å². The van der Waals surface area contributed by atoms with E-state index >= 15 is 0 Å². The maximum Gasteiger partial charge on any atom is 0.259 e. The van der Waals surface area contributed by atoms with Crippen LogP contribution in [0.15, 0.2) is 11.6 Å². The first kappa shape index (κ1) is 8.65. The molecule has 0 aromatic carbocycles. The van der Waals surface area contributed by atoms with Crippen LogP contribution in [0.2, 0.25) is 0 Å². The maximum absolute atomic E-state index is 12.0. The molecular weight excluding hydrogens is 270 g/mol. The van der Waals surface area contributed by atoms with Gasteiger partial charge in [0, 0.05) is 9.65 Å². The van der Waals surface area contributed by atoms with E-state index in [9.17, 15) is 8.78 Å². The van der Waals surface area contributed by atoms with Crippen LogP contribution in [0.5, 0.6) is 0 Å². The van der Waals surface area contributed by atoms with Crippen molar-refractivity contribution in [2.75, 3.05) is 0 Å². The standard InChI is InChI=1S/C6H6Br2F2/c7-4-1-3(6(9)10)2-5(4)8/h1,4-6H,2H2. The molecule has 0 nitrogen and oxygen atoms in total. The lowest BCUT2D eigenvalue weighted by Gasteiger charge is -2.02. The zero-order valence-electron chi connectivity index (χ0n) is 5.03. The van der Waals surface area contributed by atoms with E-state index in [1.807, 2.05) is 0 Å². The van der Waals surface area contributed by atoms with Crippen LogP contribution in [0.25, 0.3) is 0 Å². The molecule has 10 heavy (non-hydrogen) atoms. The average Bonchev–Trinajstić information content (AvgIpc) is 2.13. The topological polar surface area (TPSA) is 0 Å². The summed E-state index contributed by atoms with van der Waals surface area (Å²) in [6.45, 7) is 0. The fourth-order valence-electron chi connectivity index (χ4n) is 0.877. The largest absolute Gasteiger partial charge is 0.259 e. The third-order valence-electron chi connectivity index (χ3n) is 1.43. The lowest BCUT2D eigenvalue weighted by molar-refractivity contribution is 0.187. The first-order valence-corrected chi connectivity index (χ1v) is 4.71. The van der Waals surface area contributed by atoms with E-state index in [0.29, 0.717) is 6.42 Å². The minimum absolute atomic E-state index is 0.0662. The molecule has 58 valence electrons. The van der Waals surface area contributed by atoms with Gasteiger partial charge < -0.3 is 0 Å². The van der Waals surface area contributed by atoms with Gasteiger partial charge in [-0.2, -0.15) is 0 Å². The fourth-order valence-corrected chi connectivity index (χ4v) is 1.93. The number of rotatable bonds is 1. The van der Waals surface area contributed by atoms with Crippen LogP contribution in [0.4, 0.5) is 8.78 Å². The van der Waals surface area contributed by atoms with E-state index in [4.69, 9.17) is 0 Å². The smallest absolute Gasteiger partial charge is 0.205 e. The highest BCUT2D eigenvalue weighted by atomic mass is 79.9. The lowest BCUT2D eigenvalue weighted by Crippen LogP contribution is -2.03. The highest BCUT2D eigenvalue weighted by Crippen LogP contribution is 2.33. The van der Waals surface area contributed by atoms with Crippen LogP contribution in [0.1, 0.15) is 6.42 Å². The third kappa shape index (κ3) is 1.78. The minimum Gasteiger partial charge on any atom is -0.205 e. The zero-order chi connectivity index (χ0) is 7.72. The monoisotopic (exact) mass is 274 g/mol. The summed E-state index contributed by atoms with van der Waals surface area (Å²) in [5.74, 6) is 0. The minimum atomic E-state index is -2.29. The van der Waals surface area contributed by atoms with Gasteiger partial charge in [-0.25, -0.2) is 8.78 Å². The molecule has 0 radical (unpaired) electrons. The molecule has 0 aromatic heterocycles. The Bertz CT molecular complexity index is 156.